The van der Waals surface area contributed by atoms with Gasteiger partial charge in [-0.2, -0.15) is 0 Å². The SMILES string of the molecule is CNC(=O)C1CCN(C(=O)C2(C(N)=S)CCCC2)CC1. The topological polar surface area (TPSA) is 75.4 Å². The van der Waals surface area contributed by atoms with Gasteiger partial charge < -0.3 is 16.0 Å². The summed E-state index contributed by atoms with van der Waals surface area (Å²) in [7, 11) is 1.65. The number of hydrogen-bond donors (Lipinski definition) is 2. The molecule has 1 aliphatic heterocycles. The monoisotopic (exact) mass is 297 g/mol. The number of likely N-dealkylation sites (tertiary alicyclic amines) is 1. The predicted molar refractivity (Wildman–Crippen MR) is 81.1 cm³/mol. The Hall–Kier alpha value is -1.17. The van der Waals surface area contributed by atoms with Gasteiger partial charge in [0, 0.05) is 26.1 Å². The third kappa shape index (κ3) is 2.66. The number of carbonyl (C=O) groups excluding carboxylic acids is 2. The molecule has 1 heterocycles. The van der Waals surface area contributed by atoms with E-state index < -0.39 is 5.41 Å². The molecule has 1 aliphatic carbocycles. The second-order valence-electron chi connectivity index (χ2n) is 5.83. The Labute approximate surface area is 125 Å². The van der Waals surface area contributed by atoms with E-state index in [4.69, 9.17) is 18.0 Å². The number of rotatable bonds is 3. The van der Waals surface area contributed by atoms with E-state index in [-0.39, 0.29) is 17.7 Å². The van der Waals surface area contributed by atoms with Gasteiger partial charge in [-0.15, -0.1) is 0 Å². The summed E-state index contributed by atoms with van der Waals surface area (Å²) >= 11 is 5.16. The van der Waals surface area contributed by atoms with Crippen LogP contribution in [0.25, 0.3) is 0 Å². The van der Waals surface area contributed by atoms with E-state index in [0.29, 0.717) is 18.1 Å². The molecule has 1 saturated carbocycles. The summed E-state index contributed by atoms with van der Waals surface area (Å²) in [5.74, 6) is 0.174. The second-order valence-corrected chi connectivity index (χ2v) is 6.27. The summed E-state index contributed by atoms with van der Waals surface area (Å²) in [6.07, 6.45) is 5.01. The fourth-order valence-electron chi connectivity index (χ4n) is 3.40. The first kappa shape index (κ1) is 15.2. The molecule has 112 valence electrons. The highest BCUT2D eigenvalue weighted by molar-refractivity contribution is 7.80. The molecular weight excluding hydrogens is 274 g/mol. The number of carbonyl (C=O) groups is 2. The second kappa shape index (κ2) is 6.08. The Morgan fingerprint density at radius 3 is 2.25 bits per heavy atom. The molecule has 0 atom stereocenters. The Bertz CT molecular complexity index is 411. The molecule has 20 heavy (non-hydrogen) atoms. The van der Waals surface area contributed by atoms with Crippen LogP contribution < -0.4 is 11.1 Å². The fraction of sp³-hybridized carbons (Fsp3) is 0.786. The van der Waals surface area contributed by atoms with Crippen molar-refractivity contribution in [2.24, 2.45) is 17.1 Å². The summed E-state index contributed by atoms with van der Waals surface area (Å²) in [5.41, 5.74) is 5.24. The standard InChI is InChI=1S/C14H23N3O2S/c1-16-11(18)10-4-8-17(9-5-10)13(19)14(12(15)20)6-2-3-7-14/h10H,2-9H2,1H3,(H2,15,20)(H,16,18). The maximum Gasteiger partial charge on any atom is 0.235 e. The summed E-state index contributed by atoms with van der Waals surface area (Å²) < 4.78 is 0. The van der Waals surface area contributed by atoms with E-state index in [1.54, 1.807) is 7.05 Å². The average Bonchev–Trinajstić information content (AvgIpc) is 2.96. The molecule has 2 amide bonds. The Kier molecular flexibility index (Phi) is 4.62. The molecule has 0 bridgehead atoms. The first-order chi connectivity index (χ1) is 9.51. The van der Waals surface area contributed by atoms with Crippen LogP contribution in [-0.2, 0) is 9.59 Å². The number of nitrogens with zero attached hydrogens (tertiary/aromatic N) is 1. The third-order valence-corrected chi connectivity index (χ3v) is 5.13. The van der Waals surface area contributed by atoms with Gasteiger partial charge in [-0.25, -0.2) is 0 Å². The van der Waals surface area contributed by atoms with Crippen LogP contribution in [0.1, 0.15) is 38.5 Å². The lowest BCUT2D eigenvalue weighted by Crippen LogP contribution is -2.52. The van der Waals surface area contributed by atoms with Crippen molar-refractivity contribution in [2.75, 3.05) is 20.1 Å². The maximum absolute atomic E-state index is 12.8. The van der Waals surface area contributed by atoms with E-state index >= 15 is 0 Å². The highest BCUT2D eigenvalue weighted by Crippen LogP contribution is 2.40. The van der Waals surface area contributed by atoms with Gasteiger partial charge in [-0.1, -0.05) is 25.1 Å². The molecule has 5 nitrogen and oxygen atoms in total. The molecule has 6 heteroatoms. The summed E-state index contributed by atoms with van der Waals surface area (Å²) in [6.45, 7) is 1.25. The number of nitrogens with one attached hydrogen (secondary N) is 1. The Morgan fingerprint density at radius 2 is 1.80 bits per heavy atom. The molecule has 0 aromatic heterocycles. The minimum absolute atomic E-state index is 0.0217. The molecule has 2 aliphatic rings. The van der Waals surface area contributed by atoms with E-state index in [0.717, 1.165) is 38.5 Å². The van der Waals surface area contributed by atoms with E-state index in [1.807, 2.05) is 4.90 Å². The molecule has 0 unspecified atom stereocenters. The largest absolute Gasteiger partial charge is 0.392 e. The van der Waals surface area contributed by atoms with Crippen molar-refractivity contribution in [3.8, 4) is 0 Å². The number of amides is 2. The van der Waals surface area contributed by atoms with E-state index in [2.05, 4.69) is 5.32 Å². The van der Waals surface area contributed by atoms with Crippen LogP contribution in [0, 0.1) is 11.3 Å². The van der Waals surface area contributed by atoms with Crippen molar-refractivity contribution in [2.45, 2.75) is 38.5 Å². The minimum Gasteiger partial charge on any atom is -0.392 e. The Morgan fingerprint density at radius 1 is 1.25 bits per heavy atom. The average molecular weight is 297 g/mol. The van der Waals surface area contributed by atoms with E-state index in [1.165, 1.54) is 0 Å². The van der Waals surface area contributed by atoms with Gasteiger partial charge in [0.25, 0.3) is 0 Å². The van der Waals surface area contributed by atoms with Crippen molar-refractivity contribution in [3.63, 3.8) is 0 Å². The van der Waals surface area contributed by atoms with Crippen LogP contribution in [-0.4, -0.2) is 41.8 Å². The lowest BCUT2D eigenvalue weighted by molar-refractivity contribution is -0.141. The first-order valence-corrected chi connectivity index (χ1v) is 7.73. The zero-order chi connectivity index (χ0) is 14.8. The fourth-order valence-corrected chi connectivity index (χ4v) is 3.69. The highest BCUT2D eigenvalue weighted by Gasteiger charge is 2.46. The quantitative estimate of drug-likeness (QED) is 0.756. The zero-order valence-corrected chi connectivity index (χ0v) is 12.8. The van der Waals surface area contributed by atoms with Gasteiger partial charge >= 0.3 is 0 Å². The molecule has 0 aromatic carbocycles. The molecular formula is C14H23N3O2S. The van der Waals surface area contributed by atoms with E-state index in [9.17, 15) is 9.59 Å². The number of thiocarbonyl (C=S) groups is 1. The molecule has 0 aromatic rings. The van der Waals surface area contributed by atoms with Crippen LogP contribution in [0.5, 0.6) is 0 Å². The molecule has 1 saturated heterocycles. The van der Waals surface area contributed by atoms with Gasteiger partial charge in [-0.3, -0.25) is 9.59 Å². The van der Waals surface area contributed by atoms with Crippen LogP contribution in [0.2, 0.25) is 0 Å². The first-order valence-electron chi connectivity index (χ1n) is 7.32. The normalized spacial score (nSPS) is 22.6. The molecule has 2 rings (SSSR count). The Balaban J connectivity index is 2.01. The summed E-state index contributed by atoms with van der Waals surface area (Å²) in [5, 5.41) is 2.68. The van der Waals surface area contributed by atoms with Crippen LogP contribution in [0.15, 0.2) is 0 Å². The summed E-state index contributed by atoms with van der Waals surface area (Å²) in [6, 6.07) is 0. The van der Waals surface area contributed by atoms with Crippen molar-refractivity contribution in [1.82, 2.24) is 10.2 Å². The molecule has 2 fully saturated rings. The minimum atomic E-state index is -0.616. The molecule has 0 spiro atoms. The predicted octanol–water partition coefficient (Wildman–Crippen LogP) is 0.817. The molecule has 3 N–H and O–H groups in total. The van der Waals surface area contributed by atoms with Crippen molar-refractivity contribution in [3.05, 3.63) is 0 Å². The number of nitrogens with two attached hydrogens (primary N) is 1. The van der Waals surface area contributed by atoms with Crippen molar-refractivity contribution >= 4 is 29.0 Å². The smallest absolute Gasteiger partial charge is 0.235 e. The lowest BCUT2D eigenvalue weighted by Gasteiger charge is -2.37. The van der Waals surface area contributed by atoms with Crippen molar-refractivity contribution < 1.29 is 9.59 Å². The van der Waals surface area contributed by atoms with Gasteiger partial charge in [0.1, 0.15) is 0 Å². The van der Waals surface area contributed by atoms with Gasteiger partial charge in [-0.05, 0) is 25.7 Å². The van der Waals surface area contributed by atoms with Gasteiger partial charge in [0.2, 0.25) is 11.8 Å². The third-order valence-electron chi connectivity index (χ3n) is 4.74. The van der Waals surface area contributed by atoms with Crippen LogP contribution in [0.4, 0.5) is 0 Å². The van der Waals surface area contributed by atoms with Crippen LogP contribution >= 0.6 is 12.2 Å². The number of hydrogen-bond acceptors (Lipinski definition) is 3. The zero-order valence-electron chi connectivity index (χ0n) is 12.0. The summed E-state index contributed by atoms with van der Waals surface area (Å²) in [4.78, 5) is 26.6. The molecule has 0 radical (unpaired) electrons. The lowest BCUT2D eigenvalue weighted by atomic mass is 9.83. The maximum atomic E-state index is 12.8. The van der Waals surface area contributed by atoms with Crippen molar-refractivity contribution in [1.29, 1.82) is 0 Å². The number of piperidine rings is 1. The van der Waals surface area contributed by atoms with Gasteiger partial charge in [0.15, 0.2) is 0 Å². The van der Waals surface area contributed by atoms with Gasteiger partial charge in [0.05, 0.1) is 10.4 Å². The van der Waals surface area contributed by atoms with Crippen LogP contribution in [0.3, 0.4) is 0 Å². The highest BCUT2D eigenvalue weighted by atomic mass is 32.1.